The summed E-state index contributed by atoms with van der Waals surface area (Å²) < 4.78 is 0. The first-order chi connectivity index (χ1) is 9.61. The van der Waals surface area contributed by atoms with Crippen molar-refractivity contribution in [2.24, 2.45) is 0 Å². The molecule has 1 aromatic rings. The van der Waals surface area contributed by atoms with E-state index in [0.29, 0.717) is 6.04 Å². The van der Waals surface area contributed by atoms with Gasteiger partial charge in [0.05, 0.1) is 0 Å². The quantitative estimate of drug-likeness (QED) is 0.793. The van der Waals surface area contributed by atoms with Crippen LogP contribution < -0.4 is 5.32 Å². The molecule has 20 heavy (non-hydrogen) atoms. The van der Waals surface area contributed by atoms with Crippen molar-refractivity contribution in [1.82, 2.24) is 10.2 Å². The van der Waals surface area contributed by atoms with Crippen LogP contribution in [0.2, 0.25) is 0 Å². The minimum absolute atomic E-state index is 0.124. The molecule has 0 amide bonds. The van der Waals surface area contributed by atoms with Crippen LogP contribution in [-0.4, -0.2) is 40.3 Å². The second kappa shape index (κ2) is 5.62. The van der Waals surface area contributed by atoms with E-state index in [4.69, 9.17) is 0 Å². The first-order valence-electron chi connectivity index (χ1n) is 7.65. The zero-order chi connectivity index (χ0) is 14.1. The zero-order valence-electron chi connectivity index (χ0n) is 12.0. The normalized spacial score (nSPS) is 28.2. The third kappa shape index (κ3) is 2.91. The van der Waals surface area contributed by atoms with Crippen molar-refractivity contribution in [1.29, 1.82) is 0 Å². The summed E-state index contributed by atoms with van der Waals surface area (Å²) >= 11 is 0. The van der Waals surface area contributed by atoms with Gasteiger partial charge in [-0.2, -0.15) is 0 Å². The lowest BCUT2D eigenvalue weighted by molar-refractivity contribution is 0.162. The molecule has 3 unspecified atom stereocenters. The third-order valence-corrected chi connectivity index (χ3v) is 4.73. The summed E-state index contributed by atoms with van der Waals surface area (Å²) in [5.74, 6) is 0.249. The van der Waals surface area contributed by atoms with Crippen LogP contribution in [0, 0.1) is 0 Å². The molecule has 4 heteroatoms. The average Bonchev–Trinajstić information content (AvgIpc) is 2.85. The summed E-state index contributed by atoms with van der Waals surface area (Å²) in [6.45, 7) is 4.56. The number of benzene rings is 1. The second-order valence-electron chi connectivity index (χ2n) is 6.22. The van der Waals surface area contributed by atoms with Crippen LogP contribution in [-0.2, 0) is 0 Å². The minimum Gasteiger partial charge on any atom is -0.508 e. The van der Waals surface area contributed by atoms with Crippen molar-refractivity contribution < 1.29 is 10.2 Å². The van der Waals surface area contributed by atoms with Gasteiger partial charge in [0.1, 0.15) is 11.5 Å². The molecule has 2 aliphatic rings. The van der Waals surface area contributed by atoms with Crippen LogP contribution in [0.4, 0.5) is 0 Å². The summed E-state index contributed by atoms with van der Waals surface area (Å²) in [7, 11) is 0. The zero-order valence-corrected chi connectivity index (χ0v) is 12.0. The number of phenols is 2. The third-order valence-electron chi connectivity index (χ3n) is 4.73. The maximum Gasteiger partial charge on any atom is 0.119 e. The minimum atomic E-state index is 0.124. The summed E-state index contributed by atoms with van der Waals surface area (Å²) in [4.78, 5) is 2.61. The Balaban J connectivity index is 1.62. The Kier molecular flexibility index (Phi) is 3.85. The first-order valence-corrected chi connectivity index (χ1v) is 7.65. The Bertz CT molecular complexity index is 457. The summed E-state index contributed by atoms with van der Waals surface area (Å²) in [5.41, 5.74) is 0.941. The van der Waals surface area contributed by atoms with Gasteiger partial charge < -0.3 is 20.4 Å². The fourth-order valence-electron chi connectivity index (χ4n) is 3.69. The molecule has 0 bridgehead atoms. The van der Waals surface area contributed by atoms with Gasteiger partial charge in [0, 0.05) is 24.2 Å². The number of nitrogens with zero attached hydrogens (tertiary/aromatic N) is 1. The molecule has 0 aromatic heterocycles. The molecule has 110 valence electrons. The van der Waals surface area contributed by atoms with Gasteiger partial charge in [0.25, 0.3) is 0 Å². The van der Waals surface area contributed by atoms with Crippen molar-refractivity contribution in [3.8, 4) is 11.5 Å². The number of aromatic hydroxyl groups is 2. The standard InChI is InChI=1S/C16H24N2O2/c1-11(12-7-15(19)10-16(20)8-12)17-13-4-6-18-5-2-3-14(18)9-13/h7-8,10-11,13-14,17,19-20H,2-6,9H2,1H3. The van der Waals surface area contributed by atoms with Gasteiger partial charge in [-0.3, -0.25) is 0 Å². The second-order valence-corrected chi connectivity index (χ2v) is 6.22. The number of nitrogens with one attached hydrogen (secondary N) is 1. The summed E-state index contributed by atoms with van der Waals surface area (Å²) in [6, 6.07) is 6.25. The Morgan fingerprint density at radius 3 is 2.65 bits per heavy atom. The van der Waals surface area contributed by atoms with Crippen LogP contribution in [0.15, 0.2) is 18.2 Å². The molecule has 2 heterocycles. The van der Waals surface area contributed by atoms with Crippen LogP contribution in [0.1, 0.15) is 44.2 Å². The molecule has 3 atom stereocenters. The highest BCUT2D eigenvalue weighted by Gasteiger charge is 2.32. The molecule has 0 aliphatic carbocycles. The van der Waals surface area contributed by atoms with Crippen molar-refractivity contribution >= 4 is 0 Å². The molecule has 4 nitrogen and oxygen atoms in total. The maximum absolute atomic E-state index is 9.58. The van der Waals surface area contributed by atoms with Gasteiger partial charge in [-0.15, -0.1) is 0 Å². The molecule has 3 rings (SSSR count). The first kappa shape index (κ1) is 13.7. The van der Waals surface area contributed by atoms with E-state index in [1.165, 1.54) is 44.8 Å². The number of fused-ring (bicyclic) bond motifs is 1. The SMILES string of the molecule is CC(NC1CCN2CCCC2C1)c1cc(O)cc(O)c1. The van der Waals surface area contributed by atoms with Crippen LogP contribution in [0.3, 0.4) is 0 Å². The van der Waals surface area contributed by atoms with Gasteiger partial charge in [-0.25, -0.2) is 0 Å². The van der Waals surface area contributed by atoms with E-state index < -0.39 is 0 Å². The lowest BCUT2D eigenvalue weighted by Gasteiger charge is -2.36. The maximum atomic E-state index is 9.58. The Hall–Kier alpha value is -1.26. The van der Waals surface area contributed by atoms with Crippen LogP contribution >= 0.6 is 0 Å². The van der Waals surface area contributed by atoms with E-state index in [9.17, 15) is 10.2 Å². The number of piperidine rings is 1. The number of hydrogen-bond acceptors (Lipinski definition) is 4. The lowest BCUT2D eigenvalue weighted by Crippen LogP contribution is -2.46. The monoisotopic (exact) mass is 276 g/mol. The predicted octanol–water partition coefficient (Wildman–Crippen LogP) is 2.38. The van der Waals surface area contributed by atoms with E-state index in [2.05, 4.69) is 17.1 Å². The fourth-order valence-corrected chi connectivity index (χ4v) is 3.69. The van der Waals surface area contributed by atoms with E-state index in [1.807, 2.05) is 0 Å². The highest BCUT2D eigenvalue weighted by Crippen LogP contribution is 2.29. The largest absolute Gasteiger partial charge is 0.508 e. The van der Waals surface area contributed by atoms with Crippen molar-refractivity contribution in [3.63, 3.8) is 0 Å². The Morgan fingerprint density at radius 2 is 1.90 bits per heavy atom. The number of hydrogen-bond donors (Lipinski definition) is 3. The van der Waals surface area contributed by atoms with Gasteiger partial charge in [0.2, 0.25) is 0 Å². The van der Waals surface area contributed by atoms with Crippen LogP contribution in [0.5, 0.6) is 11.5 Å². The van der Waals surface area contributed by atoms with Gasteiger partial charge in [0.15, 0.2) is 0 Å². The molecule has 1 aromatic carbocycles. The molecule has 0 radical (unpaired) electrons. The topological polar surface area (TPSA) is 55.7 Å². The number of rotatable bonds is 3. The van der Waals surface area contributed by atoms with E-state index in [1.54, 1.807) is 12.1 Å². The van der Waals surface area contributed by atoms with Crippen molar-refractivity contribution in [2.45, 2.75) is 50.7 Å². The highest BCUT2D eigenvalue weighted by molar-refractivity contribution is 5.38. The molecule has 0 saturated carbocycles. The van der Waals surface area contributed by atoms with E-state index in [-0.39, 0.29) is 17.5 Å². The highest BCUT2D eigenvalue weighted by atomic mass is 16.3. The fraction of sp³-hybridized carbons (Fsp3) is 0.625. The van der Waals surface area contributed by atoms with E-state index in [0.717, 1.165) is 11.6 Å². The molecule has 2 saturated heterocycles. The lowest BCUT2D eigenvalue weighted by atomic mass is 9.96. The van der Waals surface area contributed by atoms with E-state index >= 15 is 0 Å². The van der Waals surface area contributed by atoms with Gasteiger partial charge >= 0.3 is 0 Å². The summed E-state index contributed by atoms with van der Waals surface area (Å²) in [6.07, 6.45) is 5.08. The Labute approximate surface area is 120 Å². The smallest absolute Gasteiger partial charge is 0.119 e. The molecule has 2 aliphatic heterocycles. The molecule has 2 fully saturated rings. The van der Waals surface area contributed by atoms with Gasteiger partial charge in [-0.1, -0.05) is 0 Å². The predicted molar refractivity (Wildman–Crippen MR) is 78.9 cm³/mol. The molecular weight excluding hydrogens is 252 g/mol. The van der Waals surface area contributed by atoms with Gasteiger partial charge in [-0.05, 0) is 63.4 Å². The number of phenolic OH excluding ortho intramolecular Hbond substituents is 2. The van der Waals surface area contributed by atoms with Crippen LogP contribution in [0.25, 0.3) is 0 Å². The van der Waals surface area contributed by atoms with Crippen molar-refractivity contribution in [2.75, 3.05) is 13.1 Å². The van der Waals surface area contributed by atoms with Crippen molar-refractivity contribution in [3.05, 3.63) is 23.8 Å². The summed E-state index contributed by atoms with van der Waals surface area (Å²) in [5, 5.41) is 22.8. The molecule has 3 N–H and O–H groups in total. The average molecular weight is 276 g/mol. The Morgan fingerprint density at radius 1 is 1.15 bits per heavy atom. The molecule has 0 spiro atoms. The molecular formula is C16H24N2O2.